The smallest absolute Gasteiger partial charge is 0.220 e. The Balaban J connectivity index is 3.42. The number of allylic oxidation sites excluding steroid dienone is 12. The van der Waals surface area contributed by atoms with E-state index in [-0.39, 0.29) is 12.5 Å². The van der Waals surface area contributed by atoms with Crippen molar-refractivity contribution < 1.29 is 15.0 Å². The van der Waals surface area contributed by atoms with E-state index < -0.39 is 12.1 Å². The van der Waals surface area contributed by atoms with Crippen LogP contribution in [0.2, 0.25) is 0 Å². The van der Waals surface area contributed by atoms with Crippen molar-refractivity contribution in [3.8, 4) is 0 Å². The molecule has 0 spiro atoms. The molecule has 0 bridgehead atoms. The molecule has 0 heterocycles. The molecule has 79 heavy (non-hydrogen) atoms. The average molecular weight is 1100 g/mol. The van der Waals surface area contributed by atoms with Gasteiger partial charge in [-0.2, -0.15) is 0 Å². The monoisotopic (exact) mass is 1100 g/mol. The summed E-state index contributed by atoms with van der Waals surface area (Å²) >= 11 is 0. The first-order chi connectivity index (χ1) is 39.2. The molecule has 0 aromatic rings. The molecule has 0 aliphatic heterocycles. The van der Waals surface area contributed by atoms with Gasteiger partial charge in [-0.05, 0) is 64.2 Å². The van der Waals surface area contributed by atoms with Crippen LogP contribution in [0.3, 0.4) is 0 Å². The third-order valence-electron chi connectivity index (χ3n) is 16.5. The van der Waals surface area contributed by atoms with Crippen LogP contribution in [0.1, 0.15) is 380 Å². The van der Waals surface area contributed by atoms with Crippen LogP contribution in [0.5, 0.6) is 0 Å². The first-order valence-corrected chi connectivity index (χ1v) is 35.6. The molecule has 0 radical (unpaired) electrons. The largest absolute Gasteiger partial charge is 0.394 e. The number of unbranched alkanes of at least 4 members (excludes halogenated alkanes) is 47. The van der Waals surface area contributed by atoms with Gasteiger partial charge >= 0.3 is 0 Å². The van der Waals surface area contributed by atoms with Crippen molar-refractivity contribution in [1.82, 2.24) is 5.32 Å². The van der Waals surface area contributed by atoms with Gasteiger partial charge in [0.1, 0.15) is 0 Å². The highest BCUT2D eigenvalue weighted by Gasteiger charge is 2.20. The predicted octanol–water partition coefficient (Wildman–Crippen LogP) is 24.4. The van der Waals surface area contributed by atoms with Gasteiger partial charge in [0.25, 0.3) is 0 Å². The maximum Gasteiger partial charge on any atom is 0.220 e. The third-order valence-corrected chi connectivity index (χ3v) is 16.5. The predicted molar refractivity (Wildman–Crippen MR) is 354 cm³/mol. The molecule has 2 unspecified atom stereocenters. The lowest BCUT2D eigenvalue weighted by molar-refractivity contribution is -0.123. The molecule has 1 amide bonds. The van der Waals surface area contributed by atoms with Crippen LogP contribution in [0.25, 0.3) is 0 Å². The summed E-state index contributed by atoms with van der Waals surface area (Å²) < 4.78 is 0. The fourth-order valence-electron chi connectivity index (χ4n) is 11.1. The van der Waals surface area contributed by atoms with Crippen LogP contribution in [-0.4, -0.2) is 34.9 Å². The van der Waals surface area contributed by atoms with Crippen LogP contribution < -0.4 is 5.32 Å². The van der Waals surface area contributed by atoms with E-state index >= 15 is 0 Å². The van der Waals surface area contributed by atoms with E-state index in [9.17, 15) is 15.0 Å². The van der Waals surface area contributed by atoms with Gasteiger partial charge in [-0.3, -0.25) is 4.79 Å². The lowest BCUT2D eigenvalue weighted by Gasteiger charge is -2.22. The highest BCUT2D eigenvalue weighted by molar-refractivity contribution is 5.76. The van der Waals surface area contributed by atoms with Crippen molar-refractivity contribution >= 4 is 5.91 Å². The van der Waals surface area contributed by atoms with Crippen LogP contribution >= 0.6 is 0 Å². The van der Waals surface area contributed by atoms with Gasteiger partial charge in [-0.15, -0.1) is 0 Å². The van der Waals surface area contributed by atoms with E-state index in [1.54, 1.807) is 0 Å². The Labute approximate surface area is 495 Å². The van der Waals surface area contributed by atoms with E-state index in [1.165, 1.54) is 289 Å². The SMILES string of the molecule is CC/C=C\C/C=C\C/C=C\C/C=C\C/C=C\C/C=C\CCCCCCCCCCCCCCCCCCCCC(=O)NC(CO)C(O)CCCCCCCCCCCCCCCCCCCCCCCCCCCCCCCC. The van der Waals surface area contributed by atoms with Crippen molar-refractivity contribution in [3.05, 3.63) is 72.9 Å². The Hall–Kier alpha value is -2.17. The summed E-state index contributed by atoms with van der Waals surface area (Å²) in [7, 11) is 0. The Morgan fingerprint density at radius 3 is 0.835 bits per heavy atom. The lowest BCUT2D eigenvalue weighted by Crippen LogP contribution is -2.45. The quantitative estimate of drug-likeness (QED) is 0.0420. The minimum Gasteiger partial charge on any atom is -0.394 e. The second-order valence-corrected chi connectivity index (χ2v) is 24.3. The molecule has 0 aromatic heterocycles. The molecular weight excluding hydrogens is 963 g/mol. The molecule has 0 rings (SSSR count). The van der Waals surface area contributed by atoms with E-state index in [4.69, 9.17) is 0 Å². The molecule has 0 fully saturated rings. The van der Waals surface area contributed by atoms with Crippen molar-refractivity contribution in [1.29, 1.82) is 0 Å². The minimum absolute atomic E-state index is 0.0257. The van der Waals surface area contributed by atoms with Crippen LogP contribution in [0.15, 0.2) is 72.9 Å². The van der Waals surface area contributed by atoms with Crippen LogP contribution in [0.4, 0.5) is 0 Å². The van der Waals surface area contributed by atoms with Gasteiger partial charge in [-0.1, -0.05) is 382 Å². The highest BCUT2D eigenvalue weighted by Crippen LogP contribution is 2.19. The molecule has 0 aliphatic rings. The van der Waals surface area contributed by atoms with Gasteiger partial charge < -0.3 is 15.5 Å². The number of aliphatic hydroxyl groups excluding tert-OH is 2. The van der Waals surface area contributed by atoms with Gasteiger partial charge in [0.2, 0.25) is 5.91 Å². The molecule has 4 nitrogen and oxygen atoms in total. The van der Waals surface area contributed by atoms with Crippen LogP contribution in [-0.2, 0) is 4.79 Å². The van der Waals surface area contributed by atoms with Crippen molar-refractivity contribution in [2.75, 3.05) is 6.61 Å². The summed E-state index contributed by atoms with van der Waals surface area (Å²) in [5.41, 5.74) is 0. The average Bonchev–Trinajstić information content (AvgIpc) is 3.45. The van der Waals surface area contributed by atoms with Crippen molar-refractivity contribution in [3.63, 3.8) is 0 Å². The Morgan fingerprint density at radius 1 is 0.316 bits per heavy atom. The molecule has 0 saturated heterocycles. The molecule has 0 saturated carbocycles. The fourth-order valence-corrected chi connectivity index (χ4v) is 11.1. The molecule has 0 aliphatic carbocycles. The van der Waals surface area contributed by atoms with Gasteiger partial charge in [0, 0.05) is 6.42 Å². The summed E-state index contributed by atoms with van der Waals surface area (Å²) in [4.78, 5) is 12.6. The zero-order valence-electron chi connectivity index (χ0n) is 53.4. The molecule has 4 heteroatoms. The minimum atomic E-state index is -0.663. The summed E-state index contributed by atoms with van der Waals surface area (Å²) in [6.45, 7) is 4.28. The molecule has 2 atom stereocenters. The molecule has 3 N–H and O–H groups in total. The summed E-state index contributed by atoms with van der Waals surface area (Å²) in [5.74, 6) is -0.0257. The summed E-state index contributed by atoms with van der Waals surface area (Å²) in [5, 5.41) is 23.5. The van der Waals surface area contributed by atoms with E-state index in [2.05, 4.69) is 92.1 Å². The molecular formula is C75H139NO3. The van der Waals surface area contributed by atoms with Crippen molar-refractivity contribution in [2.24, 2.45) is 0 Å². The van der Waals surface area contributed by atoms with Gasteiger partial charge in [-0.25, -0.2) is 0 Å². The second-order valence-electron chi connectivity index (χ2n) is 24.3. The topological polar surface area (TPSA) is 69.6 Å². The van der Waals surface area contributed by atoms with Gasteiger partial charge in [0.05, 0.1) is 18.8 Å². The Kier molecular flexibility index (Phi) is 68.2. The second kappa shape index (κ2) is 70.1. The number of carbonyl (C=O) groups excluding carboxylic acids is 1. The first-order valence-electron chi connectivity index (χ1n) is 35.6. The fraction of sp³-hybridized carbons (Fsp3) is 0.827. The number of aliphatic hydroxyl groups is 2. The maximum absolute atomic E-state index is 12.6. The number of amides is 1. The van der Waals surface area contributed by atoms with Crippen molar-refractivity contribution in [2.45, 2.75) is 392 Å². The number of nitrogens with one attached hydrogen (secondary N) is 1. The normalized spacial score (nSPS) is 13.1. The van der Waals surface area contributed by atoms with E-state index in [0.717, 1.165) is 64.2 Å². The summed E-state index contributed by atoms with van der Waals surface area (Å²) in [6, 6.07) is -0.540. The zero-order chi connectivity index (χ0) is 56.9. The Morgan fingerprint density at radius 2 is 0.557 bits per heavy atom. The number of carbonyl (C=O) groups is 1. The third kappa shape index (κ3) is 66.5. The highest BCUT2D eigenvalue weighted by atomic mass is 16.3. The standard InChI is InChI=1S/C75H139NO3/c1-3-5-7-9-11-13-15-17-19-21-23-25-27-29-31-33-35-36-37-38-39-40-41-43-45-47-49-51-53-55-57-59-61-63-65-67-69-71-75(79)76-73(72-77)74(78)70-68-66-64-62-60-58-56-54-52-50-48-46-44-42-34-32-30-28-26-24-22-20-18-16-14-12-10-8-6-4-2/h5,7,11,13,17,19,23,25,29,31,35-36,73-74,77-78H,3-4,6,8-10,12,14-16,18,20-22,24,26-28,30,32-34,37-72H2,1-2H3,(H,76,79)/b7-5-,13-11-,19-17-,25-23-,31-29-,36-35-. The van der Waals surface area contributed by atoms with E-state index in [1.807, 2.05) is 0 Å². The first kappa shape index (κ1) is 76.8. The number of rotatable bonds is 66. The van der Waals surface area contributed by atoms with E-state index in [0.29, 0.717) is 12.8 Å². The van der Waals surface area contributed by atoms with Gasteiger partial charge in [0.15, 0.2) is 0 Å². The zero-order valence-corrected chi connectivity index (χ0v) is 53.4. The summed E-state index contributed by atoms with van der Waals surface area (Å²) in [6.07, 6.45) is 101. The van der Waals surface area contributed by atoms with Crippen LogP contribution in [0, 0.1) is 0 Å². The Bertz CT molecular complexity index is 1340. The molecule has 462 valence electrons. The number of hydrogen-bond donors (Lipinski definition) is 3. The maximum atomic E-state index is 12.6. The lowest BCUT2D eigenvalue weighted by atomic mass is 10.0. The number of hydrogen-bond acceptors (Lipinski definition) is 3. The molecule has 0 aromatic carbocycles.